The fourth-order valence-corrected chi connectivity index (χ4v) is 2.92. The van der Waals surface area contributed by atoms with E-state index in [9.17, 15) is 4.79 Å². The molecule has 134 valence electrons. The number of nitrogens with one attached hydrogen (secondary N) is 1. The van der Waals surface area contributed by atoms with Crippen LogP contribution in [0, 0.1) is 19.8 Å². The van der Waals surface area contributed by atoms with Crippen molar-refractivity contribution >= 4 is 5.91 Å². The van der Waals surface area contributed by atoms with E-state index < -0.39 is 0 Å². The quantitative estimate of drug-likeness (QED) is 0.830. The number of benzene rings is 1. The molecular formula is C19H30N2O3. The number of aryl methyl sites for hydroxylation is 2. The van der Waals surface area contributed by atoms with Gasteiger partial charge < -0.3 is 14.8 Å². The average Bonchev–Trinajstić information content (AvgIpc) is 2.57. The SMILES string of the molecule is Cc1ccc(OCC(=O)NCC(C(C)C)N2CCOCC2)cc1C. The lowest BCUT2D eigenvalue weighted by atomic mass is 10.0. The van der Waals surface area contributed by atoms with E-state index in [1.165, 1.54) is 11.1 Å². The fourth-order valence-electron chi connectivity index (χ4n) is 2.92. The molecule has 1 saturated heterocycles. The van der Waals surface area contributed by atoms with Gasteiger partial charge in [-0.1, -0.05) is 19.9 Å². The van der Waals surface area contributed by atoms with Crippen LogP contribution in [0.2, 0.25) is 0 Å². The van der Waals surface area contributed by atoms with E-state index in [1.807, 2.05) is 25.1 Å². The van der Waals surface area contributed by atoms with Gasteiger partial charge in [-0.25, -0.2) is 0 Å². The fraction of sp³-hybridized carbons (Fsp3) is 0.632. The predicted molar refractivity (Wildman–Crippen MR) is 95.4 cm³/mol. The van der Waals surface area contributed by atoms with Gasteiger partial charge in [0.1, 0.15) is 5.75 Å². The number of carbonyl (C=O) groups is 1. The molecule has 1 aliphatic heterocycles. The highest BCUT2D eigenvalue weighted by molar-refractivity contribution is 5.77. The van der Waals surface area contributed by atoms with Gasteiger partial charge in [0, 0.05) is 25.7 Å². The minimum Gasteiger partial charge on any atom is -0.484 e. The Bertz CT molecular complexity index is 539. The second kappa shape index (κ2) is 9.04. The van der Waals surface area contributed by atoms with Crippen molar-refractivity contribution in [3.8, 4) is 5.75 Å². The Hall–Kier alpha value is -1.59. The molecule has 1 heterocycles. The molecule has 0 radical (unpaired) electrons. The highest BCUT2D eigenvalue weighted by Crippen LogP contribution is 2.16. The monoisotopic (exact) mass is 334 g/mol. The summed E-state index contributed by atoms with van der Waals surface area (Å²) in [7, 11) is 0. The molecule has 1 amide bonds. The molecule has 0 bridgehead atoms. The molecule has 0 saturated carbocycles. The molecular weight excluding hydrogens is 304 g/mol. The van der Waals surface area contributed by atoms with Crippen molar-refractivity contribution in [1.82, 2.24) is 10.2 Å². The molecule has 1 atom stereocenters. The Kier molecular flexibility index (Phi) is 7.06. The van der Waals surface area contributed by atoms with Crippen LogP contribution in [0.5, 0.6) is 5.75 Å². The number of hydrogen-bond acceptors (Lipinski definition) is 4. The van der Waals surface area contributed by atoms with Crippen LogP contribution in [0.4, 0.5) is 0 Å². The molecule has 0 aliphatic carbocycles. The molecule has 1 aliphatic rings. The number of carbonyl (C=O) groups excluding carboxylic acids is 1. The van der Waals surface area contributed by atoms with Crippen LogP contribution in [0.15, 0.2) is 18.2 Å². The van der Waals surface area contributed by atoms with Crippen molar-refractivity contribution in [2.75, 3.05) is 39.5 Å². The summed E-state index contributed by atoms with van der Waals surface area (Å²) >= 11 is 0. The van der Waals surface area contributed by atoms with Gasteiger partial charge in [-0.05, 0) is 43.0 Å². The third kappa shape index (κ3) is 5.49. The Balaban J connectivity index is 1.79. The Morgan fingerprint density at radius 1 is 1.25 bits per heavy atom. The summed E-state index contributed by atoms with van der Waals surface area (Å²) < 4.78 is 11.0. The van der Waals surface area contributed by atoms with E-state index in [2.05, 4.69) is 31.0 Å². The lowest BCUT2D eigenvalue weighted by molar-refractivity contribution is -0.123. The molecule has 1 unspecified atom stereocenters. The molecule has 5 nitrogen and oxygen atoms in total. The number of amides is 1. The van der Waals surface area contributed by atoms with Crippen molar-refractivity contribution in [2.45, 2.75) is 33.7 Å². The molecule has 2 rings (SSSR count). The van der Waals surface area contributed by atoms with E-state index in [-0.39, 0.29) is 12.5 Å². The molecule has 1 aromatic rings. The summed E-state index contributed by atoms with van der Waals surface area (Å²) in [6, 6.07) is 6.21. The van der Waals surface area contributed by atoms with Crippen molar-refractivity contribution in [1.29, 1.82) is 0 Å². The Labute approximate surface area is 145 Å². The van der Waals surface area contributed by atoms with Crippen molar-refractivity contribution in [3.05, 3.63) is 29.3 Å². The molecule has 0 aromatic heterocycles. The third-order valence-electron chi connectivity index (χ3n) is 4.64. The van der Waals surface area contributed by atoms with Gasteiger partial charge in [0.15, 0.2) is 6.61 Å². The van der Waals surface area contributed by atoms with E-state index >= 15 is 0 Å². The number of rotatable bonds is 7. The van der Waals surface area contributed by atoms with Crippen LogP contribution in [-0.4, -0.2) is 56.3 Å². The van der Waals surface area contributed by atoms with Gasteiger partial charge in [0.25, 0.3) is 5.91 Å². The summed E-state index contributed by atoms with van der Waals surface area (Å²) in [5, 5.41) is 3.01. The van der Waals surface area contributed by atoms with Crippen LogP contribution >= 0.6 is 0 Å². The topological polar surface area (TPSA) is 50.8 Å². The standard InChI is InChI=1S/C19H30N2O3/c1-14(2)18(21-7-9-23-10-8-21)12-20-19(22)13-24-17-6-5-15(3)16(4)11-17/h5-6,11,14,18H,7-10,12-13H2,1-4H3,(H,20,22). The summed E-state index contributed by atoms with van der Waals surface area (Å²) in [4.78, 5) is 14.5. The Morgan fingerprint density at radius 2 is 1.96 bits per heavy atom. The third-order valence-corrected chi connectivity index (χ3v) is 4.64. The number of ether oxygens (including phenoxy) is 2. The highest BCUT2D eigenvalue weighted by atomic mass is 16.5. The first kappa shape index (κ1) is 18.7. The zero-order valence-corrected chi connectivity index (χ0v) is 15.3. The molecule has 5 heteroatoms. The molecule has 1 N–H and O–H groups in total. The number of nitrogens with zero attached hydrogens (tertiary/aromatic N) is 1. The second-order valence-corrected chi connectivity index (χ2v) is 6.80. The summed E-state index contributed by atoms with van der Waals surface area (Å²) in [6.07, 6.45) is 0. The van der Waals surface area contributed by atoms with E-state index in [0.717, 1.165) is 32.1 Å². The van der Waals surface area contributed by atoms with E-state index in [4.69, 9.17) is 9.47 Å². The van der Waals surface area contributed by atoms with Crippen molar-refractivity contribution < 1.29 is 14.3 Å². The van der Waals surface area contributed by atoms with Crippen LogP contribution in [0.25, 0.3) is 0 Å². The van der Waals surface area contributed by atoms with Gasteiger partial charge in [0.2, 0.25) is 0 Å². The zero-order chi connectivity index (χ0) is 17.5. The molecule has 1 fully saturated rings. The largest absolute Gasteiger partial charge is 0.484 e. The lowest BCUT2D eigenvalue weighted by Gasteiger charge is -2.36. The minimum absolute atomic E-state index is 0.0520. The predicted octanol–water partition coefficient (Wildman–Crippen LogP) is 2.16. The first-order chi connectivity index (χ1) is 11.5. The van der Waals surface area contributed by atoms with Gasteiger partial charge in [-0.3, -0.25) is 9.69 Å². The molecule has 1 aromatic carbocycles. The van der Waals surface area contributed by atoms with Crippen molar-refractivity contribution in [2.24, 2.45) is 5.92 Å². The van der Waals surface area contributed by atoms with E-state index in [0.29, 0.717) is 18.5 Å². The van der Waals surface area contributed by atoms with Crippen LogP contribution in [0.3, 0.4) is 0 Å². The van der Waals surface area contributed by atoms with Crippen LogP contribution in [0.1, 0.15) is 25.0 Å². The molecule has 0 spiro atoms. The van der Waals surface area contributed by atoms with Gasteiger partial charge >= 0.3 is 0 Å². The van der Waals surface area contributed by atoms with E-state index in [1.54, 1.807) is 0 Å². The summed E-state index contributed by atoms with van der Waals surface area (Å²) in [5.74, 6) is 1.14. The summed E-state index contributed by atoms with van der Waals surface area (Å²) in [5.41, 5.74) is 2.39. The summed E-state index contributed by atoms with van der Waals surface area (Å²) in [6.45, 7) is 12.6. The van der Waals surface area contributed by atoms with Gasteiger partial charge in [-0.2, -0.15) is 0 Å². The number of morpholine rings is 1. The van der Waals surface area contributed by atoms with Crippen molar-refractivity contribution in [3.63, 3.8) is 0 Å². The highest BCUT2D eigenvalue weighted by Gasteiger charge is 2.24. The first-order valence-corrected chi connectivity index (χ1v) is 8.76. The van der Waals surface area contributed by atoms with Crippen LogP contribution < -0.4 is 10.1 Å². The second-order valence-electron chi connectivity index (χ2n) is 6.80. The maximum absolute atomic E-state index is 12.1. The van der Waals surface area contributed by atoms with Gasteiger partial charge in [0.05, 0.1) is 13.2 Å². The first-order valence-electron chi connectivity index (χ1n) is 8.76. The minimum atomic E-state index is -0.0767. The average molecular weight is 334 g/mol. The van der Waals surface area contributed by atoms with Gasteiger partial charge in [-0.15, -0.1) is 0 Å². The maximum Gasteiger partial charge on any atom is 0.257 e. The van der Waals surface area contributed by atoms with Crippen LogP contribution in [-0.2, 0) is 9.53 Å². The lowest BCUT2D eigenvalue weighted by Crippen LogP contribution is -2.51. The zero-order valence-electron chi connectivity index (χ0n) is 15.3. The number of hydrogen-bond donors (Lipinski definition) is 1. The Morgan fingerprint density at radius 3 is 2.58 bits per heavy atom. The molecule has 24 heavy (non-hydrogen) atoms. The maximum atomic E-state index is 12.1. The normalized spacial score (nSPS) is 16.9. The smallest absolute Gasteiger partial charge is 0.257 e.